The average Bonchev–Trinajstić information content (AvgIpc) is 3.55. The van der Waals surface area contributed by atoms with Gasteiger partial charge in [-0.3, -0.25) is 5.43 Å². The van der Waals surface area contributed by atoms with E-state index in [1.54, 1.807) is 31.4 Å². The summed E-state index contributed by atoms with van der Waals surface area (Å²) in [6.45, 7) is 0. The molecule has 0 bridgehead atoms. The highest BCUT2D eigenvalue weighted by atomic mass is 32.1. The molecule has 0 fully saturated rings. The fraction of sp³-hybridized carbons (Fsp3) is 0.0435. The summed E-state index contributed by atoms with van der Waals surface area (Å²) in [4.78, 5) is 32.5. The summed E-state index contributed by atoms with van der Waals surface area (Å²) in [6, 6.07) is 15.2. The van der Waals surface area contributed by atoms with Crippen LogP contribution in [0.2, 0.25) is 0 Å². The molecule has 0 atom stereocenters. The van der Waals surface area contributed by atoms with E-state index in [-0.39, 0.29) is 15.7 Å². The summed E-state index contributed by atoms with van der Waals surface area (Å²) in [6.07, 6.45) is 2.94. The van der Waals surface area contributed by atoms with E-state index < -0.39 is 11.9 Å². The number of anilines is 4. The molecule has 188 valence electrons. The van der Waals surface area contributed by atoms with Crippen molar-refractivity contribution in [1.29, 1.82) is 0 Å². The molecule has 4 rings (SSSR count). The van der Waals surface area contributed by atoms with Crippen LogP contribution < -0.4 is 20.9 Å². The van der Waals surface area contributed by atoms with Gasteiger partial charge < -0.3 is 20.3 Å². The van der Waals surface area contributed by atoms with Crippen molar-refractivity contribution in [3.63, 3.8) is 0 Å². The molecular weight excluding hydrogens is 518 g/mol. The number of nitrogens with one attached hydrogen (secondary N) is 3. The first kappa shape index (κ1) is 25.3. The molecule has 0 saturated heterocycles. The minimum Gasteiger partial charge on any atom is -0.495 e. The maximum atomic E-state index is 11.1. The van der Waals surface area contributed by atoms with Gasteiger partial charge in [0.15, 0.2) is 5.82 Å². The third kappa shape index (κ3) is 6.87. The molecule has 37 heavy (non-hydrogen) atoms. The van der Waals surface area contributed by atoms with Crippen LogP contribution in [0.1, 0.15) is 29.1 Å². The number of rotatable bonds is 11. The van der Waals surface area contributed by atoms with Crippen molar-refractivity contribution in [2.45, 2.75) is 0 Å². The SMILES string of the molecule is COc1ccccc1Nc1cc(NN=Cc2ccc(C(=O)O)s2)nc(NN=Cc2ccc(C(=O)O)s2)n1. The van der Waals surface area contributed by atoms with Gasteiger partial charge in [0.25, 0.3) is 0 Å². The van der Waals surface area contributed by atoms with Gasteiger partial charge in [-0.2, -0.15) is 20.2 Å². The molecule has 0 aliphatic heterocycles. The Morgan fingerprint density at radius 3 is 2.05 bits per heavy atom. The number of carboxylic acids is 2. The zero-order valence-electron chi connectivity index (χ0n) is 19.1. The minimum atomic E-state index is -1.01. The first-order valence-electron chi connectivity index (χ1n) is 10.4. The molecule has 4 aromatic rings. The fourth-order valence-corrected chi connectivity index (χ4v) is 4.33. The highest BCUT2D eigenvalue weighted by molar-refractivity contribution is 7.15. The van der Waals surface area contributed by atoms with E-state index in [1.807, 2.05) is 18.2 Å². The molecule has 12 nitrogen and oxygen atoms in total. The molecule has 0 amide bonds. The van der Waals surface area contributed by atoms with Crippen molar-refractivity contribution in [2.75, 3.05) is 23.3 Å². The second kappa shape index (κ2) is 11.7. The van der Waals surface area contributed by atoms with Crippen molar-refractivity contribution >= 4 is 70.3 Å². The van der Waals surface area contributed by atoms with Gasteiger partial charge in [0.2, 0.25) is 5.95 Å². The van der Waals surface area contributed by atoms with Gasteiger partial charge in [0.1, 0.15) is 21.3 Å². The molecule has 1 aromatic carbocycles. The van der Waals surface area contributed by atoms with Crippen LogP contribution in [0.5, 0.6) is 5.75 Å². The first-order chi connectivity index (χ1) is 17.9. The zero-order valence-corrected chi connectivity index (χ0v) is 20.7. The number of nitrogens with zero attached hydrogens (tertiary/aromatic N) is 4. The number of carboxylic acid groups (broad SMARTS) is 2. The van der Waals surface area contributed by atoms with Crippen LogP contribution >= 0.6 is 22.7 Å². The summed E-state index contributed by atoms with van der Waals surface area (Å²) in [7, 11) is 1.56. The highest BCUT2D eigenvalue weighted by Gasteiger charge is 2.09. The molecule has 3 heterocycles. The maximum absolute atomic E-state index is 11.1. The van der Waals surface area contributed by atoms with Gasteiger partial charge in [0.05, 0.1) is 25.2 Å². The molecule has 5 N–H and O–H groups in total. The van der Waals surface area contributed by atoms with Crippen LogP contribution in [-0.4, -0.2) is 51.7 Å². The van der Waals surface area contributed by atoms with Crippen LogP contribution in [0.4, 0.5) is 23.3 Å². The molecule has 0 saturated carbocycles. The lowest BCUT2D eigenvalue weighted by molar-refractivity contribution is 0.0691. The van der Waals surface area contributed by atoms with Crippen LogP contribution in [0.25, 0.3) is 0 Å². The van der Waals surface area contributed by atoms with E-state index in [0.717, 1.165) is 22.7 Å². The van der Waals surface area contributed by atoms with Gasteiger partial charge in [-0.05, 0) is 36.4 Å². The molecule has 0 spiro atoms. The molecule has 3 aromatic heterocycles. The fourth-order valence-electron chi connectivity index (χ4n) is 2.89. The van der Waals surface area contributed by atoms with Crippen LogP contribution in [-0.2, 0) is 0 Å². The number of thiophene rings is 2. The first-order valence-corrected chi connectivity index (χ1v) is 12.1. The predicted octanol–water partition coefficient (Wildman–Crippen LogP) is 4.64. The standard InChI is InChI=1S/C23H19N7O5S2/c1-35-16-5-3-2-4-15(16)26-19-10-20(29-24-11-13-6-8-17(36-13)21(31)32)28-23(27-19)30-25-12-14-7-9-18(37-14)22(33)34/h2-12H,1H3,(H,31,32)(H,33,34)(H3,26,27,28,29,30). The average molecular weight is 538 g/mol. The lowest BCUT2D eigenvalue weighted by atomic mass is 10.3. The molecule has 0 aliphatic rings. The third-order valence-electron chi connectivity index (χ3n) is 4.50. The highest BCUT2D eigenvalue weighted by Crippen LogP contribution is 2.27. The van der Waals surface area contributed by atoms with Gasteiger partial charge in [-0.15, -0.1) is 22.7 Å². The van der Waals surface area contributed by atoms with Crippen LogP contribution in [0, 0.1) is 0 Å². The molecule has 0 radical (unpaired) electrons. The van der Waals surface area contributed by atoms with E-state index in [9.17, 15) is 9.59 Å². The van der Waals surface area contributed by atoms with E-state index in [1.165, 1.54) is 24.6 Å². The van der Waals surface area contributed by atoms with Gasteiger partial charge in [-0.1, -0.05) is 12.1 Å². The van der Waals surface area contributed by atoms with Gasteiger partial charge >= 0.3 is 11.9 Å². The van der Waals surface area contributed by atoms with Crippen molar-refractivity contribution in [2.24, 2.45) is 10.2 Å². The molecular formula is C23H19N7O5S2. The number of para-hydroxylation sites is 2. The number of carbonyl (C=O) groups is 2. The van der Waals surface area contributed by atoms with E-state index >= 15 is 0 Å². The third-order valence-corrected chi connectivity index (χ3v) is 6.51. The number of aromatic nitrogens is 2. The van der Waals surface area contributed by atoms with Crippen LogP contribution in [0.15, 0.2) is 64.8 Å². The Morgan fingerprint density at radius 2 is 1.46 bits per heavy atom. The monoisotopic (exact) mass is 537 g/mol. The normalized spacial score (nSPS) is 11.1. The van der Waals surface area contributed by atoms with E-state index in [4.69, 9.17) is 14.9 Å². The Hall–Kier alpha value is -4.82. The second-order valence-electron chi connectivity index (χ2n) is 7.04. The largest absolute Gasteiger partial charge is 0.495 e. The Bertz CT molecular complexity index is 1400. The molecule has 0 aliphatic carbocycles. The van der Waals surface area contributed by atoms with Crippen molar-refractivity contribution in [3.05, 3.63) is 74.1 Å². The lowest BCUT2D eigenvalue weighted by Gasteiger charge is -2.12. The van der Waals surface area contributed by atoms with E-state index in [0.29, 0.717) is 32.8 Å². The summed E-state index contributed by atoms with van der Waals surface area (Å²) < 4.78 is 5.38. The number of hydrazone groups is 2. The summed E-state index contributed by atoms with van der Waals surface area (Å²) in [5, 5.41) is 29.5. The quantitative estimate of drug-likeness (QED) is 0.134. The number of hydrogen-bond donors (Lipinski definition) is 5. The summed E-state index contributed by atoms with van der Waals surface area (Å²) >= 11 is 2.16. The topological polar surface area (TPSA) is 170 Å². The minimum absolute atomic E-state index is 0.133. The summed E-state index contributed by atoms with van der Waals surface area (Å²) in [5.41, 5.74) is 6.21. The van der Waals surface area contributed by atoms with Gasteiger partial charge in [-0.25, -0.2) is 15.0 Å². The van der Waals surface area contributed by atoms with Crippen molar-refractivity contribution in [3.8, 4) is 5.75 Å². The van der Waals surface area contributed by atoms with E-state index in [2.05, 4.69) is 36.3 Å². The molecule has 14 heteroatoms. The number of ether oxygens (including phenoxy) is 1. The predicted molar refractivity (Wildman–Crippen MR) is 143 cm³/mol. The Balaban J connectivity index is 1.54. The van der Waals surface area contributed by atoms with Crippen LogP contribution in [0.3, 0.4) is 0 Å². The maximum Gasteiger partial charge on any atom is 0.345 e. The number of methoxy groups -OCH3 is 1. The smallest absolute Gasteiger partial charge is 0.345 e. The Labute approximate surface area is 218 Å². The van der Waals surface area contributed by atoms with Gasteiger partial charge in [0, 0.05) is 15.8 Å². The second-order valence-corrected chi connectivity index (χ2v) is 9.27. The Morgan fingerprint density at radius 1 is 0.865 bits per heavy atom. The number of aromatic carboxylic acids is 2. The summed E-state index contributed by atoms with van der Waals surface area (Å²) in [5.74, 6) is -0.537. The lowest BCUT2D eigenvalue weighted by Crippen LogP contribution is -2.04. The Kier molecular flexibility index (Phi) is 8.02. The number of benzene rings is 1. The zero-order chi connectivity index (χ0) is 26.2. The van der Waals surface area contributed by atoms with Crippen molar-refractivity contribution < 1.29 is 24.5 Å². The molecule has 0 unspecified atom stereocenters. The number of hydrogen-bond acceptors (Lipinski definition) is 12. The van der Waals surface area contributed by atoms with Crippen molar-refractivity contribution in [1.82, 2.24) is 9.97 Å².